The highest BCUT2D eigenvalue weighted by atomic mass is 16.6. The lowest BCUT2D eigenvalue weighted by Gasteiger charge is -2.10. The van der Waals surface area contributed by atoms with Crippen molar-refractivity contribution in [3.05, 3.63) is 88.5 Å². The van der Waals surface area contributed by atoms with E-state index in [1.165, 1.54) is 17.7 Å². The smallest absolute Gasteiger partial charge is 0.269 e. The van der Waals surface area contributed by atoms with Crippen molar-refractivity contribution >= 4 is 16.7 Å². The van der Waals surface area contributed by atoms with E-state index in [9.17, 15) is 10.1 Å². The number of aromatic nitrogens is 2. The molecule has 3 aromatic carbocycles. The van der Waals surface area contributed by atoms with Gasteiger partial charge in [-0.15, -0.1) is 0 Å². The van der Waals surface area contributed by atoms with Crippen molar-refractivity contribution in [1.82, 2.24) is 9.55 Å². The van der Waals surface area contributed by atoms with E-state index < -0.39 is 4.92 Å². The van der Waals surface area contributed by atoms with E-state index in [1.807, 2.05) is 31.2 Å². The Labute approximate surface area is 144 Å². The van der Waals surface area contributed by atoms with Crippen LogP contribution in [0.2, 0.25) is 0 Å². The summed E-state index contributed by atoms with van der Waals surface area (Å²) in [5, 5.41) is 10.9. The molecule has 4 aromatic rings. The van der Waals surface area contributed by atoms with Crippen molar-refractivity contribution in [3.8, 4) is 17.1 Å². The van der Waals surface area contributed by atoms with Gasteiger partial charge in [0.05, 0.1) is 16.0 Å². The summed E-state index contributed by atoms with van der Waals surface area (Å²) in [5.74, 6) is 0.764. The van der Waals surface area contributed by atoms with E-state index in [1.54, 1.807) is 12.1 Å². The predicted molar refractivity (Wildman–Crippen MR) is 97.9 cm³/mol. The van der Waals surface area contributed by atoms with Crippen LogP contribution >= 0.6 is 0 Å². The fourth-order valence-electron chi connectivity index (χ4n) is 2.91. The lowest BCUT2D eigenvalue weighted by atomic mass is 10.1. The Hall–Kier alpha value is -3.47. The van der Waals surface area contributed by atoms with Gasteiger partial charge >= 0.3 is 0 Å². The molecule has 0 spiro atoms. The highest BCUT2D eigenvalue weighted by Gasteiger charge is 2.15. The number of non-ortho nitro benzene ring substituents is 1. The van der Waals surface area contributed by atoms with Crippen LogP contribution in [0.1, 0.15) is 5.56 Å². The second kappa shape index (κ2) is 5.87. The van der Waals surface area contributed by atoms with Gasteiger partial charge < -0.3 is 0 Å². The van der Waals surface area contributed by atoms with E-state index in [4.69, 9.17) is 4.98 Å². The Bertz CT molecular complexity index is 1060. The van der Waals surface area contributed by atoms with Gasteiger partial charge in [0.2, 0.25) is 0 Å². The molecular formula is C20H15N3O2. The molecule has 0 atom stereocenters. The van der Waals surface area contributed by atoms with Crippen molar-refractivity contribution in [1.29, 1.82) is 0 Å². The molecule has 4 rings (SSSR count). The zero-order valence-corrected chi connectivity index (χ0v) is 13.6. The van der Waals surface area contributed by atoms with Crippen LogP contribution in [0.15, 0.2) is 72.8 Å². The van der Waals surface area contributed by atoms with Crippen molar-refractivity contribution in [2.45, 2.75) is 6.92 Å². The van der Waals surface area contributed by atoms with Gasteiger partial charge in [-0.25, -0.2) is 4.98 Å². The standard InChI is InChI=1S/C20H15N3O2/c1-14-6-10-16(11-7-14)22-19-5-3-2-4-18(19)21-20(22)15-8-12-17(13-9-15)23(24)25/h2-13H,1H3. The molecule has 0 aliphatic carbocycles. The van der Waals surface area contributed by atoms with E-state index >= 15 is 0 Å². The van der Waals surface area contributed by atoms with Crippen molar-refractivity contribution in [3.63, 3.8) is 0 Å². The van der Waals surface area contributed by atoms with Crippen LogP contribution in [0.5, 0.6) is 0 Å². The van der Waals surface area contributed by atoms with Crippen molar-refractivity contribution < 1.29 is 4.92 Å². The number of aryl methyl sites for hydroxylation is 1. The van der Waals surface area contributed by atoms with Gasteiger partial charge in [-0.2, -0.15) is 0 Å². The maximum atomic E-state index is 10.9. The maximum Gasteiger partial charge on any atom is 0.269 e. The molecule has 5 nitrogen and oxygen atoms in total. The first-order valence-electron chi connectivity index (χ1n) is 7.93. The molecule has 0 unspecified atom stereocenters. The minimum Gasteiger partial charge on any atom is -0.292 e. The van der Waals surface area contributed by atoms with Crippen LogP contribution < -0.4 is 0 Å². The summed E-state index contributed by atoms with van der Waals surface area (Å²) in [4.78, 5) is 15.2. The number of hydrogen-bond donors (Lipinski definition) is 0. The number of rotatable bonds is 3. The number of fused-ring (bicyclic) bond motifs is 1. The van der Waals surface area contributed by atoms with Crippen LogP contribution in [0.4, 0.5) is 5.69 Å². The highest BCUT2D eigenvalue weighted by Crippen LogP contribution is 2.29. The normalized spacial score (nSPS) is 10.9. The Morgan fingerprint density at radius 3 is 2.28 bits per heavy atom. The number of nitro groups is 1. The molecule has 25 heavy (non-hydrogen) atoms. The summed E-state index contributed by atoms with van der Waals surface area (Å²) in [7, 11) is 0. The second-order valence-corrected chi connectivity index (χ2v) is 5.90. The zero-order valence-electron chi connectivity index (χ0n) is 13.6. The van der Waals surface area contributed by atoms with Gasteiger partial charge in [0.15, 0.2) is 0 Å². The van der Waals surface area contributed by atoms with Gasteiger partial charge in [-0.05, 0) is 43.3 Å². The fraction of sp³-hybridized carbons (Fsp3) is 0.0500. The van der Waals surface area contributed by atoms with Gasteiger partial charge in [0.1, 0.15) is 5.82 Å². The largest absolute Gasteiger partial charge is 0.292 e. The van der Waals surface area contributed by atoms with Crippen LogP contribution in [0.3, 0.4) is 0 Å². The minimum absolute atomic E-state index is 0.0711. The molecule has 0 amide bonds. The monoisotopic (exact) mass is 329 g/mol. The average molecular weight is 329 g/mol. The zero-order chi connectivity index (χ0) is 17.4. The first-order valence-corrected chi connectivity index (χ1v) is 7.93. The average Bonchev–Trinajstić information content (AvgIpc) is 3.02. The lowest BCUT2D eigenvalue weighted by Crippen LogP contribution is -1.98. The third-order valence-electron chi connectivity index (χ3n) is 4.19. The molecule has 1 aromatic heterocycles. The highest BCUT2D eigenvalue weighted by molar-refractivity contribution is 5.83. The van der Waals surface area contributed by atoms with E-state index in [0.29, 0.717) is 0 Å². The van der Waals surface area contributed by atoms with E-state index in [-0.39, 0.29) is 5.69 Å². The Morgan fingerprint density at radius 2 is 1.60 bits per heavy atom. The van der Waals surface area contributed by atoms with Crippen molar-refractivity contribution in [2.24, 2.45) is 0 Å². The number of imidazole rings is 1. The molecular weight excluding hydrogens is 314 g/mol. The summed E-state index contributed by atoms with van der Waals surface area (Å²) in [6.07, 6.45) is 0. The molecule has 122 valence electrons. The van der Waals surface area contributed by atoms with Crippen molar-refractivity contribution in [2.75, 3.05) is 0 Å². The Morgan fingerprint density at radius 1 is 0.920 bits per heavy atom. The summed E-state index contributed by atoms with van der Waals surface area (Å²) in [6.45, 7) is 2.05. The molecule has 0 radical (unpaired) electrons. The third-order valence-corrected chi connectivity index (χ3v) is 4.19. The summed E-state index contributed by atoms with van der Waals surface area (Å²) in [5.41, 5.74) is 4.98. The molecule has 5 heteroatoms. The van der Waals surface area contributed by atoms with E-state index in [0.717, 1.165) is 28.1 Å². The number of nitro benzene ring substituents is 1. The maximum absolute atomic E-state index is 10.9. The second-order valence-electron chi connectivity index (χ2n) is 5.90. The quantitative estimate of drug-likeness (QED) is 0.396. The molecule has 0 N–H and O–H groups in total. The lowest BCUT2D eigenvalue weighted by molar-refractivity contribution is -0.384. The molecule has 0 saturated carbocycles. The topological polar surface area (TPSA) is 61.0 Å². The Balaban J connectivity index is 1.95. The molecule has 0 aliphatic rings. The van der Waals surface area contributed by atoms with E-state index in [2.05, 4.69) is 28.8 Å². The number of para-hydroxylation sites is 2. The molecule has 1 heterocycles. The SMILES string of the molecule is Cc1ccc(-n2c(-c3ccc([N+](=O)[O-])cc3)nc3ccccc32)cc1. The summed E-state index contributed by atoms with van der Waals surface area (Å²) < 4.78 is 2.08. The first-order chi connectivity index (χ1) is 12.1. The van der Waals surface area contributed by atoms with Crippen LogP contribution in [0, 0.1) is 17.0 Å². The van der Waals surface area contributed by atoms with Gasteiger partial charge in [0, 0.05) is 23.4 Å². The molecule has 0 bridgehead atoms. The summed E-state index contributed by atoms with van der Waals surface area (Å²) >= 11 is 0. The number of benzene rings is 3. The van der Waals surface area contributed by atoms with Gasteiger partial charge in [0.25, 0.3) is 5.69 Å². The van der Waals surface area contributed by atoms with Gasteiger partial charge in [-0.3, -0.25) is 14.7 Å². The number of nitrogens with zero attached hydrogens (tertiary/aromatic N) is 3. The summed E-state index contributed by atoms with van der Waals surface area (Å²) in [6, 6.07) is 22.6. The van der Waals surface area contributed by atoms with Crippen LogP contribution in [-0.2, 0) is 0 Å². The molecule has 0 aliphatic heterocycles. The van der Waals surface area contributed by atoms with Crippen LogP contribution in [-0.4, -0.2) is 14.5 Å². The molecule has 0 saturated heterocycles. The third kappa shape index (κ3) is 2.65. The minimum atomic E-state index is -0.396. The number of hydrogen-bond acceptors (Lipinski definition) is 3. The van der Waals surface area contributed by atoms with Gasteiger partial charge in [-0.1, -0.05) is 29.8 Å². The predicted octanol–water partition coefficient (Wildman–Crippen LogP) is 4.91. The first kappa shape index (κ1) is 15.1. The Kier molecular flexibility index (Phi) is 3.54. The molecule has 0 fully saturated rings. The van der Waals surface area contributed by atoms with Crippen LogP contribution in [0.25, 0.3) is 28.1 Å². The fourth-order valence-corrected chi connectivity index (χ4v) is 2.91.